The topological polar surface area (TPSA) is 82.9 Å². The van der Waals surface area contributed by atoms with Crippen molar-refractivity contribution < 1.29 is 23.8 Å². The molecule has 1 fully saturated rings. The lowest BCUT2D eigenvalue weighted by Crippen LogP contribution is -2.43. The van der Waals surface area contributed by atoms with Crippen molar-refractivity contribution in [2.75, 3.05) is 18.3 Å². The predicted molar refractivity (Wildman–Crippen MR) is 119 cm³/mol. The number of fused-ring (bicyclic) bond motifs is 1. The number of esters is 1. The number of anilines is 1. The van der Waals surface area contributed by atoms with Gasteiger partial charge in [-0.15, -0.1) is 5.10 Å². The Morgan fingerprint density at radius 2 is 1.91 bits per heavy atom. The largest absolute Gasteiger partial charge is 0.462 e. The van der Waals surface area contributed by atoms with E-state index in [1.54, 1.807) is 34.8 Å². The van der Waals surface area contributed by atoms with E-state index in [-0.39, 0.29) is 36.8 Å². The number of hydrogen-bond acceptors (Lipinski definition) is 6. The molecule has 4 rings (SSSR count). The second-order valence-corrected chi connectivity index (χ2v) is 8.83. The average Bonchev–Trinajstić information content (AvgIpc) is 3.41. The molecule has 1 aliphatic heterocycles. The minimum Gasteiger partial charge on any atom is -0.462 e. The number of ether oxygens (including phenoxy) is 3. The molecule has 2 aromatic rings. The summed E-state index contributed by atoms with van der Waals surface area (Å²) in [5.41, 5.74) is 0.976. The highest BCUT2D eigenvalue weighted by molar-refractivity contribution is 6.02. The first kappa shape index (κ1) is 22.2. The first-order valence-corrected chi connectivity index (χ1v) is 11.4. The van der Waals surface area contributed by atoms with Crippen molar-refractivity contribution in [1.82, 2.24) is 9.78 Å². The molecule has 0 N–H and O–H groups in total. The third kappa shape index (κ3) is 4.31. The van der Waals surface area contributed by atoms with Gasteiger partial charge in [-0.05, 0) is 64.5 Å². The van der Waals surface area contributed by atoms with Crippen LogP contribution in [0.25, 0.3) is 5.69 Å². The molecule has 32 heavy (non-hydrogen) atoms. The number of carbonyl (C=O) groups is 2. The standard InChI is InChI=1S/C24H31N3O5/c1-5-30-24(29)19-13-26(18-10-11-20-21(12-18)32-14-31-20)25-22(19)27(15(2)3)23(28)17-8-6-16(4)7-9-17/h10-13,15-17H,5-9,14H2,1-4H3/t16-,17-. The first-order chi connectivity index (χ1) is 15.4. The van der Waals surface area contributed by atoms with E-state index in [1.165, 1.54) is 0 Å². The highest BCUT2D eigenvalue weighted by atomic mass is 16.7. The summed E-state index contributed by atoms with van der Waals surface area (Å²) in [7, 11) is 0. The summed E-state index contributed by atoms with van der Waals surface area (Å²) in [4.78, 5) is 28.0. The summed E-state index contributed by atoms with van der Waals surface area (Å²) >= 11 is 0. The second-order valence-electron chi connectivity index (χ2n) is 8.83. The maximum atomic E-state index is 13.6. The maximum Gasteiger partial charge on any atom is 0.343 e. The summed E-state index contributed by atoms with van der Waals surface area (Å²) < 4.78 is 17.7. The average molecular weight is 442 g/mol. The number of carbonyl (C=O) groups excluding carboxylic acids is 2. The van der Waals surface area contributed by atoms with Gasteiger partial charge < -0.3 is 14.2 Å². The maximum absolute atomic E-state index is 13.6. The summed E-state index contributed by atoms with van der Waals surface area (Å²) in [5, 5.41) is 4.69. The van der Waals surface area contributed by atoms with E-state index < -0.39 is 5.97 Å². The number of rotatable bonds is 6. The van der Waals surface area contributed by atoms with E-state index >= 15 is 0 Å². The van der Waals surface area contributed by atoms with Gasteiger partial charge in [0.1, 0.15) is 5.56 Å². The Hall–Kier alpha value is -3.03. The van der Waals surface area contributed by atoms with Gasteiger partial charge in [0.2, 0.25) is 12.7 Å². The molecule has 1 amide bonds. The van der Waals surface area contributed by atoms with Crippen LogP contribution in [0.15, 0.2) is 24.4 Å². The van der Waals surface area contributed by atoms with Crippen LogP contribution in [0.5, 0.6) is 11.5 Å². The highest BCUT2D eigenvalue weighted by Crippen LogP contribution is 2.35. The van der Waals surface area contributed by atoms with E-state index in [0.717, 1.165) is 25.7 Å². The van der Waals surface area contributed by atoms with E-state index in [4.69, 9.17) is 14.2 Å². The molecule has 1 saturated carbocycles. The summed E-state index contributed by atoms with van der Waals surface area (Å²) in [5.74, 6) is 1.73. The highest BCUT2D eigenvalue weighted by Gasteiger charge is 2.34. The Labute approximate surface area is 188 Å². The van der Waals surface area contributed by atoms with Crippen molar-refractivity contribution in [2.45, 2.75) is 59.4 Å². The predicted octanol–water partition coefficient (Wildman–Crippen LogP) is 4.35. The lowest BCUT2D eigenvalue weighted by Gasteiger charge is -2.32. The molecule has 172 valence electrons. The smallest absolute Gasteiger partial charge is 0.343 e. The van der Waals surface area contributed by atoms with Crippen LogP contribution in [0.3, 0.4) is 0 Å². The Balaban J connectivity index is 1.72. The SMILES string of the molecule is CCOC(=O)c1cn(-c2ccc3c(c2)OCO3)nc1N(C(=O)[C@H]1CC[C@H](C)CC1)C(C)C. The second kappa shape index (κ2) is 9.22. The molecule has 2 aliphatic rings. The minimum absolute atomic E-state index is 0.0217. The molecule has 0 radical (unpaired) electrons. The van der Waals surface area contributed by atoms with Crippen LogP contribution in [0, 0.1) is 11.8 Å². The number of aromatic nitrogens is 2. The fraction of sp³-hybridized carbons (Fsp3) is 0.542. The van der Waals surface area contributed by atoms with Crippen LogP contribution in [0.2, 0.25) is 0 Å². The number of nitrogens with zero attached hydrogens (tertiary/aromatic N) is 3. The molecule has 8 nitrogen and oxygen atoms in total. The molecule has 8 heteroatoms. The van der Waals surface area contributed by atoms with Crippen molar-refractivity contribution in [3.05, 3.63) is 30.0 Å². The van der Waals surface area contributed by atoms with Crippen LogP contribution in [-0.2, 0) is 9.53 Å². The number of amides is 1. The molecule has 1 aromatic carbocycles. The van der Waals surface area contributed by atoms with Gasteiger partial charge in [0.05, 0.1) is 12.3 Å². The van der Waals surface area contributed by atoms with Gasteiger partial charge in [-0.2, -0.15) is 0 Å². The zero-order chi connectivity index (χ0) is 22.8. The zero-order valence-electron chi connectivity index (χ0n) is 19.2. The van der Waals surface area contributed by atoms with Crippen molar-refractivity contribution in [2.24, 2.45) is 11.8 Å². The molecular formula is C24H31N3O5. The van der Waals surface area contributed by atoms with E-state index in [0.29, 0.717) is 28.9 Å². The van der Waals surface area contributed by atoms with Crippen molar-refractivity contribution in [3.63, 3.8) is 0 Å². The molecule has 0 saturated heterocycles. The monoisotopic (exact) mass is 441 g/mol. The van der Waals surface area contributed by atoms with Gasteiger partial charge in [0.25, 0.3) is 0 Å². The van der Waals surface area contributed by atoms with Crippen LogP contribution in [0.4, 0.5) is 5.82 Å². The third-order valence-electron chi connectivity index (χ3n) is 6.16. The molecule has 0 atom stereocenters. The van der Waals surface area contributed by atoms with Crippen LogP contribution in [-0.4, -0.2) is 41.1 Å². The Morgan fingerprint density at radius 1 is 1.19 bits per heavy atom. The summed E-state index contributed by atoms with van der Waals surface area (Å²) in [6.07, 6.45) is 5.43. The quantitative estimate of drug-likeness (QED) is 0.620. The first-order valence-electron chi connectivity index (χ1n) is 11.4. The molecule has 1 aromatic heterocycles. The fourth-order valence-electron chi connectivity index (χ4n) is 4.36. The zero-order valence-corrected chi connectivity index (χ0v) is 19.2. The Kier molecular flexibility index (Phi) is 6.39. The van der Waals surface area contributed by atoms with E-state index in [2.05, 4.69) is 12.0 Å². The number of hydrogen-bond donors (Lipinski definition) is 0. The van der Waals surface area contributed by atoms with E-state index in [9.17, 15) is 9.59 Å². The lowest BCUT2D eigenvalue weighted by atomic mass is 9.82. The molecule has 0 unspecified atom stereocenters. The van der Waals surface area contributed by atoms with Gasteiger partial charge in [-0.3, -0.25) is 9.69 Å². The van der Waals surface area contributed by atoms with Crippen LogP contribution >= 0.6 is 0 Å². The third-order valence-corrected chi connectivity index (χ3v) is 6.16. The van der Waals surface area contributed by atoms with Crippen LogP contribution in [0.1, 0.15) is 63.7 Å². The normalized spacial score (nSPS) is 19.8. The van der Waals surface area contributed by atoms with Crippen LogP contribution < -0.4 is 14.4 Å². The number of benzene rings is 1. The molecule has 1 aliphatic carbocycles. The van der Waals surface area contributed by atoms with Gasteiger partial charge in [0.15, 0.2) is 17.3 Å². The van der Waals surface area contributed by atoms with Crippen molar-refractivity contribution in [1.29, 1.82) is 0 Å². The summed E-state index contributed by atoms with van der Waals surface area (Å²) in [6.45, 7) is 8.29. The van der Waals surface area contributed by atoms with E-state index in [1.807, 2.05) is 19.9 Å². The molecule has 0 bridgehead atoms. The molecular weight excluding hydrogens is 410 g/mol. The summed E-state index contributed by atoms with van der Waals surface area (Å²) in [6, 6.07) is 5.29. The Bertz CT molecular complexity index is 992. The molecule has 0 spiro atoms. The van der Waals surface area contributed by atoms with Gasteiger partial charge in [0, 0.05) is 24.2 Å². The fourth-order valence-corrected chi connectivity index (χ4v) is 4.36. The van der Waals surface area contributed by atoms with Gasteiger partial charge in [-0.25, -0.2) is 9.48 Å². The minimum atomic E-state index is -0.495. The Morgan fingerprint density at radius 3 is 2.59 bits per heavy atom. The van der Waals surface area contributed by atoms with Gasteiger partial charge >= 0.3 is 5.97 Å². The van der Waals surface area contributed by atoms with Crippen molar-refractivity contribution in [3.8, 4) is 17.2 Å². The van der Waals surface area contributed by atoms with Crippen molar-refractivity contribution >= 4 is 17.7 Å². The lowest BCUT2D eigenvalue weighted by molar-refractivity contribution is -0.124. The molecule has 2 heterocycles. The van der Waals surface area contributed by atoms with Gasteiger partial charge in [-0.1, -0.05) is 6.92 Å².